The van der Waals surface area contributed by atoms with E-state index in [0.29, 0.717) is 6.54 Å². The van der Waals surface area contributed by atoms with Gasteiger partial charge in [0.25, 0.3) is 0 Å². The van der Waals surface area contributed by atoms with Crippen molar-refractivity contribution in [2.24, 2.45) is 0 Å². The van der Waals surface area contributed by atoms with Gasteiger partial charge in [-0.25, -0.2) is 4.39 Å². The minimum atomic E-state index is -0.201. The predicted octanol–water partition coefficient (Wildman–Crippen LogP) is 3.13. The molecule has 0 bridgehead atoms. The van der Waals surface area contributed by atoms with Gasteiger partial charge in [0, 0.05) is 24.8 Å². The van der Waals surface area contributed by atoms with Gasteiger partial charge in [-0.05, 0) is 43.7 Å². The summed E-state index contributed by atoms with van der Waals surface area (Å²) in [5.41, 5.74) is 4.08. The zero-order valence-electron chi connectivity index (χ0n) is 11.7. The summed E-state index contributed by atoms with van der Waals surface area (Å²) in [6, 6.07) is 4.93. The molecule has 4 heteroatoms. The largest absolute Gasteiger partial charge is 0.316 e. The fraction of sp³-hybridized carbons (Fsp3) is 0.400. The van der Waals surface area contributed by atoms with Crippen molar-refractivity contribution in [2.75, 3.05) is 7.05 Å². The first-order valence-electron chi connectivity index (χ1n) is 6.63. The van der Waals surface area contributed by atoms with Crippen LogP contribution in [-0.2, 0) is 13.1 Å². The highest BCUT2D eigenvalue weighted by atomic mass is 19.1. The standard InChI is InChI=1S/C15H20FN3/c1-4-7-19-10-15(11(2)18-19)14-6-5-13(16)8-12(14)9-17-3/h5-6,8,10,17H,4,7,9H2,1-3H3. The van der Waals surface area contributed by atoms with Crippen LogP contribution in [0.2, 0.25) is 0 Å². The SMILES string of the molecule is CCCn1cc(-c2ccc(F)cc2CNC)c(C)n1. The van der Waals surface area contributed by atoms with E-state index >= 15 is 0 Å². The van der Waals surface area contributed by atoms with Crippen molar-refractivity contribution in [3.05, 3.63) is 41.5 Å². The van der Waals surface area contributed by atoms with E-state index < -0.39 is 0 Å². The molecule has 0 fully saturated rings. The summed E-state index contributed by atoms with van der Waals surface area (Å²) in [7, 11) is 1.86. The molecule has 102 valence electrons. The molecule has 0 saturated carbocycles. The van der Waals surface area contributed by atoms with Gasteiger partial charge in [0.05, 0.1) is 5.69 Å². The topological polar surface area (TPSA) is 29.9 Å². The Morgan fingerprint density at radius 1 is 1.32 bits per heavy atom. The summed E-state index contributed by atoms with van der Waals surface area (Å²) in [6.07, 6.45) is 3.10. The van der Waals surface area contributed by atoms with E-state index in [0.717, 1.165) is 35.3 Å². The lowest BCUT2D eigenvalue weighted by Crippen LogP contribution is -2.06. The van der Waals surface area contributed by atoms with Crippen LogP contribution in [0.3, 0.4) is 0 Å². The van der Waals surface area contributed by atoms with Crippen LogP contribution in [0, 0.1) is 12.7 Å². The highest BCUT2D eigenvalue weighted by Crippen LogP contribution is 2.27. The van der Waals surface area contributed by atoms with Gasteiger partial charge in [0.2, 0.25) is 0 Å². The minimum Gasteiger partial charge on any atom is -0.316 e. The van der Waals surface area contributed by atoms with Gasteiger partial charge in [0.1, 0.15) is 5.82 Å². The van der Waals surface area contributed by atoms with E-state index in [1.165, 1.54) is 6.07 Å². The van der Waals surface area contributed by atoms with E-state index in [1.54, 1.807) is 6.07 Å². The number of nitrogens with one attached hydrogen (secondary N) is 1. The predicted molar refractivity (Wildman–Crippen MR) is 75.4 cm³/mol. The normalized spacial score (nSPS) is 10.9. The Hall–Kier alpha value is -1.68. The number of aryl methyl sites for hydroxylation is 2. The average Bonchev–Trinajstić information content (AvgIpc) is 2.71. The molecule has 0 amide bonds. The Bertz CT molecular complexity index is 561. The molecule has 0 aliphatic rings. The highest BCUT2D eigenvalue weighted by Gasteiger charge is 2.11. The highest BCUT2D eigenvalue weighted by molar-refractivity contribution is 5.68. The zero-order chi connectivity index (χ0) is 13.8. The Labute approximate surface area is 113 Å². The Morgan fingerprint density at radius 2 is 2.11 bits per heavy atom. The van der Waals surface area contributed by atoms with Crippen LogP contribution in [0.15, 0.2) is 24.4 Å². The average molecular weight is 261 g/mol. The summed E-state index contributed by atoms with van der Waals surface area (Å²) < 4.78 is 15.3. The van der Waals surface area contributed by atoms with E-state index in [-0.39, 0.29) is 5.82 Å². The fourth-order valence-corrected chi connectivity index (χ4v) is 2.29. The van der Waals surface area contributed by atoms with Crippen LogP contribution in [0.4, 0.5) is 4.39 Å². The summed E-state index contributed by atoms with van der Waals surface area (Å²) in [6.45, 7) is 5.67. The zero-order valence-corrected chi connectivity index (χ0v) is 11.7. The molecular weight excluding hydrogens is 241 g/mol. The van der Waals surface area contributed by atoms with Crippen LogP contribution in [0.25, 0.3) is 11.1 Å². The van der Waals surface area contributed by atoms with Crippen molar-refractivity contribution in [1.82, 2.24) is 15.1 Å². The third-order valence-electron chi connectivity index (χ3n) is 3.12. The molecule has 0 aliphatic carbocycles. The quantitative estimate of drug-likeness (QED) is 0.896. The number of halogens is 1. The Kier molecular flexibility index (Phi) is 4.32. The van der Waals surface area contributed by atoms with E-state index in [9.17, 15) is 4.39 Å². The van der Waals surface area contributed by atoms with Crippen molar-refractivity contribution in [2.45, 2.75) is 33.4 Å². The van der Waals surface area contributed by atoms with Gasteiger partial charge in [-0.3, -0.25) is 4.68 Å². The molecule has 19 heavy (non-hydrogen) atoms. The molecule has 2 rings (SSSR count). The first-order chi connectivity index (χ1) is 9.15. The number of hydrogen-bond donors (Lipinski definition) is 1. The van der Waals surface area contributed by atoms with E-state index in [1.807, 2.05) is 30.9 Å². The number of benzene rings is 1. The second-order valence-corrected chi connectivity index (χ2v) is 4.72. The molecule has 0 radical (unpaired) electrons. The Balaban J connectivity index is 2.45. The van der Waals surface area contributed by atoms with Crippen LogP contribution in [-0.4, -0.2) is 16.8 Å². The Morgan fingerprint density at radius 3 is 2.79 bits per heavy atom. The summed E-state index contributed by atoms with van der Waals surface area (Å²) in [5, 5.41) is 7.58. The molecule has 0 atom stereocenters. The summed E-state index contributed by atoms with van der Waals surface area (Å²) in [4.78, 5) is 0. The van der Waals surface area contributed by atoms with Crippen molar-refractivity contribution in [3.8, 4) is 11.1 Å². The minimum absolute atomic E-state index is 0.201. The second-order valence-electron chi connectivity index (χ2n) is 4.72. The third kappa shape index (κ3) is 3.01. The molecule has 1 aromatic carbocycles. The van der Waals surface area contributed by atoms with E-state index in [2.05, 4.69) is 17.3 Å². The van der Waals surface area contributed by atoms with Crippen LogP contribution < -0.4 is 5.32 Å². The number of nitrogens with zero attached hydrogens (tertiary/aromatic N) is 2. The molecule has 1 N–H and O–H groups in total. The van der Waals surface area contributed by atoms with Gasteiger partial charge in [-0.1, -0.05) is 13.0 Å². The first-order valence-corrected chi connectivity index (χ1v) is 6.63. The van der Waals surface area contributed by atoms with Crippen LogP contribution in [0.1, 0.15) is 24.6 Å². The molecule has 0 spiro atoms. The number of rotatable bonds is 5. The van der Waals surface area contributed by atoms with Crippen molar-refractivity contribution >= 4 is 0 Å². The third-order valence-corrected chi connectivity index (χ3v) is 3.12. The van der Waals surface area contributed by atoms with Gasteiger partial charge >= 0.3 is 0 Å². The molecule has 0 unspecified atom stereocenters. The van der Waals surface area contributed by atoms with Crippen molar-refractivity contribution in [3.63, 3.8) is 0 Å². The smallest absolute Gasteiger partial charge is 0.123 e. The molecule has 3 nitrogen and oxygen atoms in total. The lowest BCUT2D eigenvalue weighted by molar-refractivity contribution is 0.598. The molecule has 0 saturated heterocycles. The maximum atomic E-state index is 13.4. The lowest BCUT2D eigenvalue weighted by atomic mass is 10.0. The van der Waals surface area contributed by atoms with Crippen LogP contribution >= 0.6 is 0 Å². The van der Waals surface area contributed by atoms with Gasteiger partial charge in [-0.2, -0.15) is 5.10 Å². The van der Waals surface area contributed by atoms with Gasteiger partial charge in [0.15, 0.2) is 0 Å². The number of hydrogen-bond acceptors (Lipinski definition) is 2. The number of aromatic nitrogens is 2. The van der Waals surface area contributed by atoms with E-state index in [4.69, 9.17) is 0 Å². The fourth-order valence-electron chi connectivity index (χ4n) is 2.29. The summed E-state index contributed by atoms with van der Waals surface area (Å²) in [5.74, 6) is -0.201. The monoisotopic (exact) mass is 261 g/mol. The van der Waals surface area contributed by atoms with Crippen molar-refractivity contribution in [1.29, 1.82) is 0 Å². The molecular formula is C15H20FN3. The van der Waals surface area contributed by atoms with Gasteiger partial charge in [-0.15, -0.1) is 0 Å². The first kappa shape index (κ1) is 13.7. The second kappa shape index (κ2) is 5.97. The van der Waals surface area contributed by atoms with Crippen LogP contribution in [0.5, 0.6) is 0 Å². The summed E-state index contributed by atoms with van der Waals surface area (Å²) >= 11 is 0. The maximum Gasteiger partial charge on any atom is 0.123 e. The van der Waals surface area contributed by atoms with Gasteiger partial charge < -0.3 is 5.32 Å². The maximum absolute atomic E-state index is 13.4. The molecule has 0 aliphatic heterocycles. The lowest BCUT2D eigenvalue weighted by Gasteiger charge is -2.08. The molecule has 2 aromatic rings. The molecule has 1 aromatic heterocycles. The molecule has 1 heterocycles. The van der Waals surface area contributed by atoms with Crippen molar-refractivity contribution < 1.29 is 4.39 Å².